The van der Waals surface area contributed by atoms with Crippen molar-refractivity contribution in [3.05, 3.63) is 71.4 Å². The van der Waals surface area contributed by atoms with Gasteiger partial charge in [-0.1, -0.05) is 6.07 Å². The fourth-order valence-electron chi connectivity index (χ4n) is 3.33. The standard InChI is InChI=1S/C25H21NO6S/c1-29-16-5-4-6-17(11-16)32-24-19-12-20(30-2)21(31-3)14-22(19)33-23(24)13-18(25(27)28)15-7-9-26-10-8-15/h4-14H,1-3H3,(H,27,28). The summed E-state index contributed by atoms with van der Waals surface area (Å²) in [6.45, 7) is 0. The maximum Gasteiger partial charge on any atom is 0.336 e. The van der Waals surface area contributed by atoms with E-state index in [1.54, 1.807) is 64.1 Å². The van der Waals surface area contributed by atoms with E-state index in [-0.39, 0.29) is 5.57 Å². The number of benzene rings is 2. The fraction of sp³-hybridized carbons (Fsp3) is 0.120. The number of methoxy groups -OCH3 is 3. The van der Waals surface area contributed by atoms with Gasteiger partial charge in [0.1, 0.15) is 11.5 Å². The highest BCUT2D eigenvalue weighted by atomic mass is 32.1. The molecule has 0 radical (unpaired) electrons. The molecule has 8 heteroatoms. The minimum Gasteiger partial charge on any atom is -0.497 e. The molecule has 33 heavy (non-hydrogen) atoms. The number of thiophene rings is 1. The van der Waals surface area contributed by atoms with Crippen molar-refractivity contribution in [2.45, 2.75) is 0 Å². The van der Waals surface area contributed by atoms with Gasteiger partial charge >= 0.3 is 5.97 Å². The Morgan fingerprint density at radius 3 is 2.30 bits per heavy atom. The lowest BCUT2D eigenvalue weighted by atomic mass is 10.1. The molecule has 0 saturated carbocycles. The van der Waals surface area contributed by atoms with Crippen LogP contribution in [0.2, 0.25) is 0 Å². The molecule has 0 atom stereocenters. The van der Waals surface area contributed by atoms with Crippen LogP contribution in [-0.4, -0.2) is 37.4 Å². The van der Waals surface area contributed by atoms with Crippen LogP contribution in [0.4, 0.5) is 0 Å². The lowest BCUT2D eigenvalue weighted by Gasteiger charge is -2.10. The van der Waals surface area contributed by atoms with Gasteiger partial charge in [0.2, 0.25) is 0 Å². The Hall–Kier alpha value is -4.04. The van der Waals surface area contributed by atoms with Crippen molar-refractivity contribution in [3.8, 4) is 28.7 Å². The molecule has 7 nitrogen and oxygen atoms in total. The highest BCUT2D eigenvalue weighted by Gasteiger charge is 2.20. The van der Waals surface area contributed by atoms with Gasteiger partial charge in [0, 0.05) is 34.6 Å². The third kappa shape index (κ3) is 4.61. The van der Waals surface area contributed by atoms with E-state index in [2.05, 4.69) is 4.98 Å². The van der Waals surface area contributed by atoms with Crippen LogP contribution in [0.1, 0.15) is 10.4 Å². The van der Waals surface area contributed by atoms with Gasteiger partial charge in [0.05, 0.1) is 31.8 Å². The summed E-state index contributed by atoms with van der Waals surface area (Å²) >= 11 is 1.40. The summed E-state index contributed by atoms with van der Waals surface area (Å²) in [5, 5.41) is 10.7. The van der Waals surface area contributed by atoms with Gasteiger partial charge in [-0.15, -0.1) is 11.3 Å². The number of aliphatic carboxylic acids is 1. The number of carboxylic acid groups (broad SMARTS) is 1. The number of pyridine rings is 1. The quantitative estimate of drug-likeness (QED) is 0.333. The summed E-state index contributed by atoms with van der Waals surface area (Å²) in [7, 11) is 4.71. The van der Waals surface area contributed by atoms with Gasteiger partial charge < -0.3 is 24.1 Å². The molecule has 0 amide bonds. The molecule has 0 unspecified atom stereocenters. The molecule has 1 N–H and O–H groups in total. The summed E-state index contributed by atoms with van der Waals surface area (Å²) < 4.78 is 23.3. The van der Waals surface area contributed by atoms with Crippen molar-refractivity contribution < 1.29 is 28.8 Å². The van der Waals surface area contributed by atoms with Crippen molar-refractivity contribution in [1.82, 2.24) is 4.98 Å². The van der Waals surface area contributed by atoms with Gasteiger partial charge in [-0.25, -0.2) is 4.79 Å². The van der Waals surface area contributed by atoms with Crippen LogP contribution in [0.25, 0.3) is 21.7 Å². The Bertz CT molecular complexity index is 1330. The Morgan fingerprint density at radius 1 is 0.939 bits per heavy atom. The molecule has 0 aliphatic heterocycles. The molecular formula is C25H21NO6S. The smallest absolute Gasteiger partial charge is 0.336 e. The molecule has 4 rings (SSSR count). The summed E-state index contributed by atoms with van der Waals surface area (Å²) in [5.74, 6) is 1.77. The molecule has 2 aromatic heterocycles. The van der Waals surface area contributed by atoms with E-state index in [9.17, 15) is 9.90 Å². The molecule has 0 fully saturated rings. The predicted octanol–water partition coefficient (Wildman–Crippen LogP) is 5.74. The van der Waals surface area contributed by atoms with Gasteiger partial charge in [0.25, 0.3) is 0 Å². The van der Waals surface area contributed by atoms with E-state index < -0.39 is 5.97 Å². The lowest BCUT2D eigenvalue weighted by molar-refractivity contribution is -0.130. The highest BCUT2D eigenvalue weighted by molar-refractivity contribution is 7.20. The number of carbonyl (C=O) groups is 1. The topological polar surface area (TPSA) is 87.1 Å². The molecule has 4 aromatic rings. The van der Waals surface area contributed by atoms with Crippen LogP contribution in [0, 0.1) is 0 Å². The molecular weight excluding hydrogens is 442 g/mol. The van der Waals surface area contributed by atoms with Crippen molar-refractivity contribution in [2.24, 2.45) is 0 Å². The average molecular weight is 464 g/mol. The van der Waals surface area contributed by atoms with Crippen LogP contribution < -0.4 is 18.9 Å². The molecule has 0 aliphatic rings. The zero-order valence-electron chi connectivity index (χ0n) is 18.2. The summed E-state index contributed by atoms with van der Waals surface area (Å²) in [6, 6.07) is 14.2. The van der Waals surface area contributed by atoms with Crippen molar-refractivity contribution in [3.63, 3.8) is 0 Å². The third-order valence-corrected chi connectivity index (χ3v) is 6.01. The minimum absolute atomic E-state index is 0.123. The first-order valence-electron chi connectivity index (χ1n) is 9.90. The van der Waals surface area contributed by atoms with Crippen LogP contribution in [0.5, 0.6) is 28.7 Å². The first-order valence-corrected chi connectivity index (χ1v) is 10.7. The summed E-state index contributed by atoms with van der Waals surface area (Å²) in [6.07, 6.45) is 4.72. The molecule has 168 valence electrons. The largest absolute Gasteiger partial charge is 0.497 e. The number of hydrogen-bond donors (Lipinski definition) is 1. The maximum absolute atomic E-state index is 12.1. The monoisotopic (exact) mass is 463 g/mol. The van der Waals surface area contributed by atoms with Crippen molar-refractivity contribution >= 4 is 39.0 Å². The Kier molecular flexibility index (Phi) is 6.46. The number of ether oxygens (including phenoxy) is 4. The second kappa shape index (κ2) is 9.62. The Balaban J connectivity index is 1.93. The number of hydrogen-bond acceptors (Lipinski definition) is 7. The zero-order chi connectivity index (χ0) is 23.4. The van der Waals surface area contributed by atoms with Crippen molar-refractivity contribution in [2.75, 3.05) is 21.3 Å². The van der Waals surface area contributed by atoms with Gasteiger partial charge in [-0.3, -0.25) is 4.98 Å². The molecule has 0 spiro atoms. The average Bonchev–Trinajstić information content (AvgIpc) is 3.17. The summed E-state index contributed by atoms with van der Waals surface area (Å²) in [4.78, 5) is 16.7. The van der Waals surface area contributed by atoms with E-state index >= 15 is 0 Å². The van der Waals surface area contributed by atoms with Crippen LogP contribution in [0.3, 0.4) is 0 Å². The zero-order valence-corrected chi connectivity index (χ0v) is 19.0. The normalized spacial score (nSPS) is 11.3. The molecule has 2 aromatic carbocycles. The number of nitrogens with zero attached hydrogens (tertiary/aromatic N) is 1. The van der Waals surface area contributed by atoms with E-state index in [4.69, 9.17) is 18.9 Å². The second-order valence-electron chi connectivity index (χ2n) is 6.88. The fourth-order valence-corrected chi connectivity index (χ4v) is 4.42. The minimum atomic E-state index is -1.05. The van der Waals surface area contributed by atoms with Gasteiger partial charge in [-0.05, 0) is 42.0 Å². The van der Waals surface area contributed by atoms with E-state index in [0.29, 0.717) is 39.2 Å². The Morgan fingerprint density at radius 2 is 1.64 bits per heavy atom. The number of fused-ring (bicyclic) bond motifs is 1. The molecule has 0 aliphatic carbocycles. The van der Waals surface area contributed by atoms with Crippen LogP contribution >= 0.6 is 11.3 Å². The van der Waals surface area contributed by atoms with E-state index in [1.807, 2.05) is 24.3 Å². The number of carboxylic acids is 1. The maximum atomic E-state index is 12.1. The van der Waals surface area contributed by atoms with Crippen LogP contribution in [-0.2, 0) is 4.79 Å². The summed E-state index contributed by atoms with van der Waals surface area (Å²) in [5.41, 5.74) is 0.663. The first-order chi connectivity index (χ1) is 16.0. The van der Waals surface area contributed by atoms with E-state index in [0.717, 1.165) is 10.1 Å². The molecule has 0 saturated heterocycles. The van der Waals surface area contributed by atoms with Gasteiger partial charge in [-0.2, -0.15) is 0 Å². The number of aromatic nitrogens is 1. The Labute approximate surface area is 194 Å². The SMILES string of the molecule is COc1cccc(Oc2c(C=C(C(=O)O)c3ccncc3)sc3cc(OC)c(OC)cc23)c1. The predicted molar refractivity (Wildman–Crippen MR) is 128 cm³/mol. The second-order valence-corrected chi connectivity index (χ2v) is 7.96. The first kappa shape index (κ1) is 22.2. The molecule has 0 bridgehead atoms. The van der Waals surface area contributed by atoms with Gasteiger partial charge in [0.15, 0.2) is 17.2 Å². The van der Waals surface area contributed by atoms with E-state index in [1.165, 1.54) is 11.3 Å². The highest BCUT2D eigenvalue weighted by Crippen LogP contribution is 2.46. The number of rotatable bonds is 8. The van der Waals surface area contributed by atoms with Crippen LogP contribution in [0.15, 0.2) is 60.9 Å². The van der Waals surface area contributed by atoms with Crippen molar-refractivity contribution in [1.29, 1.82) is 0 Å². The lowest BCUT2D eigenvalue weighted by Crippen LogP contribution is -1.99. The third-order valence-electron chi connectivity index (χ3n) is 4.93. The molecule has 2 heterocycles.